The van der Waals surface area contributed by atoms with Crippen LogP contribution in [0.1, 0.15) is 51.6 Å². The van der Waals surface area contributed by atoms with Gasteiger partial charge in [0.05, 0.1) is 0 Å². The van der Waals surface area contributed by atoms with Gasteiger partial charge in [-0.25, -0.2) is 0 Å². The highest BCUT2D eigenvalue weighted by Crippen LogP contribution is 2.21. The first kappa shape index (κ1) is 17.8. The fourth-order valence-corrected chi connectivity index (χ4v) is 4.00. The van der Waals surface area contributed by atoms with Crippen LogP contribution in [-0.2, 0) is 13.0 Å². The van der Waals surface area contributed by atoms with Crippen LogP contribution in [0.15, 0.2) is 48.5 Å². The standard InChI is InChI=1S/C23H26N2O2/c1-17-10-13-24(14-11-17)22(26)19-6-8-20(9-7-19)23(27)25-15-12-18-4-2-3-5-21(18)16-25/h2-9,17H,10-16H2,1H3. The molecule has 0 N–H and O–H groups in total. The minimum absolute atomic E-state index is 0.0373. The monoisotopic (exact) mass is 362 g/mol. The molecule has 2 aromatic rings. The Balaban J connectivity index is 1.43. The van der Waals surface area contributed by atoms with E-state index in [1.165, 1.54) is 11.1 Å². The van der Waals surface area contributed by atoms with E-state index >= 15 is 0 Å². The fraction of sp³-hybridized carbons (Fsp3) is 0.391. The molecule has 0 unspecified atom stereocenters. The van der Waals surface area contributed by atoms with Gasteiger partial charge >= 0.3 is 0 Å². The molecule has 0 spiro atoms. The second-order valence-electron chi connectivity index (χ2n) is 7.80. The van der Waals surface area contributed by atoms with Crippen molar-refractivity contribution in [2.75, 3.05) is 19.6 Å². The van der Waals surface area contributed by atoms with Crippen molar-refractivity contribution < 1.29 is 9.59 Å². The summed E-state index contributed by atoms with van der Waals surface area (Å²) in [6.45, 7) is 5.28. The lowest BCUT2D eigenvalue weighted by Crippen LogP contribution is -2.38. The molecule has 2 aliphatic heterocycles. The average molecular weight is 362 g/mol. The molecular formula is C23H26N2O2. The summed E-state index contributed by atoms with van der Waals surface area (Å²) in [7, 11) is 0. The summed E-state index contributed by atoms with van der Waals surface area (Å²) in [6, 6.07) is 15.5. The van der Waals surface area contributed by atoms with E-state index in [4.69, 9.17) is 0 Å². The van der Waals surface area contributed by atoms with Gasteiger partial charge in [-0.15, -0.1) is 0 Å². The molecule has 2 amide bonds. The Hall–Kier alpha value is -2.62. The predicted molar refractivity (Wildman–Crippen MR) is 106 cm³/mol. The Morgan fingerprint density at radius 2 is 1.33 bits per heavy atom. The van der Waals surface area contributed by atoms with E-state index < -0.39 is 0 Å². The van der Waals surface area contributed by atoms with Gasteiger partial charge in [-0.05, 0) is 60.6 Å². The molecule has 0 atom stereocenters. The zero-order valence-electron chi connectivity index (χ0n) is 15.9. The minimum Gasteiger partial charge on any atom is -0.339 e. The number of nitrogens with zero attached hydrogens (tertiary/aromatic N) is 2. The first-order chi connectivity index (χ1) is 13.1. The normalized spacial score (nSPS) is 17.5. The smallest absolute Gasteiger partial charge is 0.254 e. The van der Waals surface area contributed by atoms with Gasteiger partial charge in [0, 0.05) is 37.3 Å². The van der Waals surface area contributed by atoms with E-state index in [0.717, 1.165) is 38.9 Å². The Bertz CT molecular complexity index is 836. The largest absolute Gasteiger partial charge is 0.339 e. The summed E-state index contributed by atoms with van der Waals surface area (Å²) in [5.41, 5.74) is 3.88. The number of hydrogen-bond donors (Lipinski definition) is 0. The van der Waals surface area contributed by atoms with Crippen molar-refractivity contribution in [1.82, 2.24) is 9.80 Å². The minimum atomic E-state index is 0.0373. The highest BCUT2D eigenvalue weighted by Gasteiger charge is 2.23. The zero-order valence-corrected chi connectivity index (χ0v) is 15.9. The number of carbonyl (C=O) groups excluding carboxylic acids is 2. The molecule has 140 valence electrons. The topological polar surface area (TPSA) is 40.6 Å². The Labute approximate surface area is 160 Å². The van der Waals surface area contributed by atoms with Crippen LogP contribution in [0.4, 0.5) is 0 Å². The van der Waals surface area contributed by atoms with Crippen LogP contribution in [0.2, 0.25) is 0 Å². The third-order valence-electron chi connectivity index (χ3n) is 5.87. The van der Waals surface area contributed by atoms with Crippen LogP contribution in [0.5, 0.6) is 0 Å². The van der Waals surface area contributed by atoms with Crippen molar-refractivity contribution in [2.45, 2.75) is 32.7 Å². The average Bonchev–Trinajstić information content (AvgIpc) is 2.73. The molecule has 2 aromatic carbocycles. The van der Waals surface area contributed by atoms with Crippen LogP contribution in [0.3, 0.4) is 0 Å². The van der Waals surface area contributed by atoms with Crippen LogP contribution in [0, 0.1) is 5.92 Å². The zero-order chi connectivity index (χ0) is 18.8. The molecule has 0 aromatic heterocycles. The van der Waals surface area contributed by atoms with E-state index in [0.29, 0.717) is 23.6 Å². The van der Waals surface area contributed by atoms with Crippen molar-refractivity contribution in [3.8, 4) is 0 Å². The highest BCUT2D eigenvalue weighted by atomic mass is 16.2. The van der Waals surface area contributed by atoms with Crippen molar-refractivity contribution in [3.05, 3.63) is 70.8 Å². The summed E-state index contributed by atoms with van der Waals surface area (Å²) in [4.78, 5) is 29.3. The summed E-state index contributed by atoms with van der Waals surface area (Å²) in [5.74, 6) is 0.812. The van der Waals surface area contributed by atoms with E-state index in [1.807, 2.05) is 15.9 Å². The molecule has 0 bridgehead atoms. The van der Waals surface area contributed by atoms with Crippen LogP contribution in [0.25, 0.3) is 0 Å². The molecule has 1 saturated heterocycles. The van der Waals surface area contributed by atoms with Crippen molar-refractivity contribution >= 4 is 11.8 Å². The highest BCUT2D eigenvalue weighted by molar-refractivity contribution is 5.98. The van der Waals surface area contributed by atoms with Gasteiger partial charge < -0.3 is 9.80 Å². The number of rotatable bonds is 2. The quantitative estimate of drug-likeness (QED) is 0.816. The molecule has 2 aliphatic rings. The first-order valence-corrected chi connectivity index (χ1v) is 9.87. The molecule has 27 heavy (non-hydrogen) atoms. The van der Waals surface area contributed by atoms with Crippen LogP contribution in [-0.4, -0.2) is 41.2 Å². The lowest BCUT2D eigenvalue weighted by Gasteiger charge is -2.30. The summed E-state index contributed by atoms with van der Waals surface area (Å²) < 4.78 is 0. The molecule has 0 aliphatic carbocycles. The van der Waals surface area contributed by atoms with Gasteiger partial charge in [-0.2, -0.15) is 0 Å². The second kappa shape index (κ2) is 7.55. The summed E-state index contributed by atoms with van der Waals surface area (Å²) in [6.07, 6.45) is 3.03. The molecule has 0 saturated carbocycles. The number of hydrogen-bond acceptors (Lipinski definition) is 2. The van der Waals surface area contributed by atoms with E-state index in [9.17, 15) is 9.59 Å². The molecule has 0 radical (unpaired) electrons. The van der Waals surface area contributed by atoms with Gasteiger partial charge in [0.2, 0.25) is 0 Å². The number of piperidine rings is 1. The molecule has 1 fully saturated rings. The van der Waals surface area contributed by atoms with Gasteiger partial charge in [0.1, 0.15) is 0 Å². The van der Waals surface area contributed by atoms with E-state index in [-0.39, 0.29) is 11.8 Å². The maximum Gasteiger partial charge on any atom is 0.254 e. The molecule has 4 rings (SSSR count). The van der Waals surface area contributed by atoms with E-state index in [2.05, 4.69) is 25.1 Å². The first-order valence-electron chi connectivity index (χ1n) is 9.87. The molecule has 2 heterocycles. The van der Waals surface area contributed by atoms with Crippen LogP contribution >= 0.6 is 0 Å². The summed E-state index contributed by atoms with van der Waals surface area (Å²) >= 11 is 0. The second-order valence-corrected chi connectivity index (χ2v) is 7.80. The summed E-state index contributed by atoms with van der Waals surface area (Å²) in [5, 5.41) is 0. The Morgan fingerprint density at radius 3 is 1.96 bits per heavy atom. The van der Waals surface area contributed by atoms with E-state index in [1.54, 1.807) is 24.3 Å². The lowest BCUT2D eigenvalue weighted by molar-refractivity contribution is 0.0693. The molecule has 4 heteroatoms. The third kappa shape index (κ3) is 3.75. The Kier molecular flexibility index (Phi) is 4.97. The Morgan fingerprint density at radius 1 is 0.778 bits per heavy atom. The number of benzene rings is 2. The maximum atomic E-state index is 12.9. The number of likely N-dealkylation sites (tertiary alicyclic amines) is 1. The van der Waals surface area contributed by atoms with Gasteiger partial charge in [0.25, 0.3) is 11.8 Å². The van der Waals surface area contributed by atoms with Gasteiger partial charge in [-0.3, -0.25) is 9.59 Å². The predicted octanol–water partition coefficient (Wildman–Crippen LogP) is 3.76. The number of fused-ring (bicyclic) bond motifs is 1. The molecule has 4 nitrogen and oxygen atoms in total. The fourth-order valence-electron chi connectivity index (χ4n) is 4.00. The maximum absolute atomic E-state index is 12.9. The van der Waals surface area contributed by atoms with Gasteiger partial charge in [0.15, 0.2) is 0 Å². The third-order valence-corrected chi connectivity index (χ3v) is 5.87. The molecular weight excluding hydrogens is 336 g/mol. The SMILES string of the molecule is CC1CCN(C(=O)c2ccc(C(=O)N3CCc4ccccc4C3)cc2)CC1. The number of amides is 2. The van der Waals surface area contributed by atoms with Crippen molar-refractivity contribution in [2.24, 2.45) is 5.92 Å². The number of carbonyl (C=O) groups is 2. The lowest BCUT2D eigenvalue weighted by atomic mass is 9.98. The van der Waals surface area contributed by atoms with Crippen molar-refractivity contribution in [1.29, 1.82) is 0 Å². The van der Waals surface area contributed by atoms with Crippen LogP contribution < -0.4 is 0 Å². The van der Waals surface area contributed by atoms with Gasteiger partial charge in [-0.1, -0.05) is 31.2 Å². The van der Waals surface area contributed by atoms with Crippen molar-refractivity contribution in [3.63, 3.8) is 0 Å².